The number of aliphatic hydroxyl groups excluding tert-OH is 1. The predicted octanol–water partition coefficient (Wildman–Crippen LogP) is 5.80. The zero-order valence-corrected chi connectivity index (χ0v) is 16.8. The molecule has 1 atom stereocenters. The smallest absolute Gasteiger partial charge is 0.349 e. The van der Waals surface area contributed by atoms with Gasteiger partial charge in [-0.25, -0.2) is 4.79 Å². The number of ether oxygens (including phenoxy) is 1. The lowest BCUT2D eigenvalue weighted by Crippen LogP contribution is -2.38. The van der Waals surface area contributed by atoms with Crippen LogP contribution in [0.3, 0.4) is 0 Å². The summed E-state index contributed by atoms with van der Waals surface area (Å²) in [6.45, 7) is 0. The Morgan fingerprint density at radius 3 is 2.24 bits per heavy atom. The van der Waals surface area contributed by atoms with Gasteiger partial charge in [-0.15, -0.1) is 0 Å². The van der Waals surface area contributed by atoms with Crippen LogP contribution in [-0.2, 0) is 15.1 Å². The summed E-state index contributed by atoms with van der Waals surface area (Å²) in [5, 5.41) is 21.8. The van der Waals surface area contributed by atoms with Gasteiger partial charge in [0.2, 0.25) is 0 Å². The zero-order chi connectivity index (χ0) is 20.4. The van der Waals surface area contributed by atoms with Crippen molar-refractivity contribution < 1.29 is 19.7 Å². The highest BCUT2D eigenvalue weighted by molar-refractivity contribution is 8.04. The van der Waals surface area contributed by atoms with Gasteiger partial charge in [0.05, 0.1) is 11.4 Å². The molecule has 146 valence electrons. The van der Waals surface area contributed by atoms with Crippen LogP contribution in [0.4, 0.5) is 0 Å². The molecule has 1 unspecified atom stereocenters. The van der Waals surface area contributed by atoms with Gasteiger partial charge in [0.25, 0.3) is 0 Å². The van der Waals surface area contributed by atoms with Crippen molar-refractivity contribution >= 4 is 29.3 Å². The molecule has 4 nitrogen and oxygen atoms in total. The zero-order valence-electron chi connectivity index (χ0n) is 15.2. The first-order valence-corrected chi connectivity index (χ1v) is 10.1. The van der Waals surface area contributed by atoms with E-state index in [1.807, 2.05) is 18.2 Å². The SMILES string of the molecule is O=C1OC(c2ccccc2)(c2ccccc2O)CC(O)=C1Sc1ccccc1Cl. The van der Waals surface area contributed by atoms with Crippen molar-refractivity contribution in [2.75, 3.05) is 0 Å². The van der Waals surface area contributed by atoms with Crippen molar-refractivity contribution in [2.45, 2.75) is 16.9 Å². The summed E-state index contributed by atoms with van der Waals surface area (Å²) < 4.78 is 5.94. The topological polar surface area (TPSA) is 66.8 Å². The number of phenolic OH excluding ortho intramolecular Hbond substituents is 1. The summed E-state index contributed by atoms with van der Waals surface area (Å²) in [5.41, 5.74) is -0.269. The van der Waals surface area contributed by atoms with Gasteiger partial charge in [-0.05, 0) is 18.2 Å². The first-order valence-electron chi connectivity index (χ1n) is 8.93. The number of halogens is 1. The number of cyclic esters (lactones) is 1. The number of rotatable bonds is 4. The molecule has 0 spiro atoms. The number of aliphatic hydroxyl groups is 1. The average Bonchev–Trinajstić information content (AvgIpc) is 2.73. The van der Waals surface area contributed by atoms with Crippen LogP contribution >= 0.6 is 23.4 Å². The summed E-state index contributed by atoms with van der Waals surface area (Å²) in [5.74, 6) is -0.803. The van der Waals surface area contributed by atoms with E-state index in [4.69, 9.17) is 16.3 Å². The van der Waals surface area contributed by atoms with Crippen molar-refractivity contribution in [2.24, 2.45) is 0 Å². The molecule has 0 aromatic heterocycles. The van der Waals surface area contributed by atoms with Crippen LogP contribution in [0.2, 0.25) is 5.02 Å². The molecular formula is C23H17ClO4S. The fourth-order valence-corrected chi connectivity index (χ4v) is 4.50. The third-order valence-electron chi connectivity index (χ3n) is 4.76. The molecule has 0 fully saturated rings. The molecule has 6 heteroatoms. The lowest BCUT2D eigenvalue weighted by atomic mass is 9.81. The molecule has 4 rings (SSSR count). The number of thioether (sulfide) groups is 1. The number of aromatic hydroxyl groups is 1. The van der Waals surface area contributed by atoms with Crippen LogP contribution in [0.15, 0.2) is 94.4 Å². The normalized spacial score (nSPS) is 19.1. The van der Waals surface area contributed by atoms with Gasteiger partial charge in [-0.1, -0.05) is 84.0 Å². The highest BCUT2D eigenvalue weighted by Gasteiger charge is 2.46. The number of hydrogen-bond acceptors (Lipinski definition) is 5. The summed E-state index contributed by atoms with van der Waals surface area (Å²) in [6.07, 6.45) is -0.00683. The number of esters is 1. The molecule has 3 aromatic carbocycles. The van der Waals surface area contributed by atoms with Crippen molar-refractivity contribution in [1.82, 2.24) is 0 Å². The lowest BCUT2D eigenvalue weighted by molar-refractivity contribution is -0.154. The van der Waals surface area contributed by atoms with Crippen LogP contribution in [-0.4, -0.2) is 16.2 Å². The Kier molecular flexibility index (Phi) is 5.26. The molecule has 0 saturated carbocycles. The van der Waals surface area contributed by atoms with Crippen molar-refractivity contribution in [1.29, 1.82) is 0 Å². The second kappa shape index (κ2) is 7.85. The van der Waals surface area contributed by atoms with E-state index in [0.29, 0.717) is 21.0 Å². The first-order chi connectivity index (χ1) is 14.0. The number of carbonyl (C=O) groups is 1. The fourth-order valence-electron chi connectivity index (χ4n) is 3.40. The average molecular weight is 425 g/mol. The lowest BCUT2D eigenvalue weighted by Gasteiger charge is -2.38. The standard InChI is InChI=1S/C23H17ClO4S/c24-17-11-5-7-13-20(17)29-21-19(26)14-23(28-22(21)27,15-8-2-1-3-9-15)16-10-4-6-12-18(16)25/h1-13,25-26H,14H2. The second-order valence-corrected chi connectivity index (χ2v) is 8.04. The van der Waals surface area contributed by atoms with E-state index in [1.165, 1.54) is 6.07 Å². The molecule has 3 aromatic rings. The maximum atomic E-state index is 13.0. The van der Waals surface area contributed by atoms with E-state index in [0.717, 1.165) is 11.8 Å². The van der Waals surface area contributed by atoms with E-state index >= 15 is 0 Å². The largest absolute Gasteiger partial charge is 0.511 e. The molecule has 1 aliphatic heterocycles. The van der Waals surface area contributed by atoms with Gasteiger partial charge in [0, 0.05) is 16.0 Å². The Bertz CT molecular complexity index is 1100. The molecule has 29 heavy (non-hydrogen) atoms. The van der Waals surface area contributed by atoms with Crippen LogP contribution < -0.4 is 0 Å². The maximum absolute atomic E-state index is 13.0. The van der Waals surface area contributed by atoms with Crippen molar-refractivity contribution in [3.8, 4) is 5.75 Å². The second-order valence-electron chi connectivity index (χ2n) is 6.58. The van der Waals surface area contributed by atoms with Crippen LogP contribution in [0.5, 0.6) is 5.75 Å². The van der Waals surface area contributed by atoms with E-state index in [9.17, 15) is 15.0 Å². The number of para-hydroxylation sites is 1. The number of hydrogen-bond donors (Lipinski definition) is 2. The van der Waals surface area contributed by atoms with Crippen LogP contribution in [0, 0.1) is 0 Å². The van der Waals surface area contributed by atoms with Crippen LogP contribution in [0.1, 0.15) is 17.5 Å². The maximum Gasteiger partial charge on any atom is 0.349 e. The van der Waals surface area contributed by atoms with Gasteiger partial charge in [-0.3, -0.25) is 0 Å². The highest BCUT2D eigenvalue weighted by Crippen LogP contribution is 2.48. The van der Waals surface area contributed by atoms with Crippen molar-refractivity contribution in [3.63, 3.8) is 0 Å². The highest BCUT2D eigenvalue weighted by atomic mass is 35.5. The van der Waals surface area contributed by atoms with E-state index in [2.05, 4.69) is 0 Å². The Hall–Kier alpha value is -2.89. The van der Waals surface area contributed by atoms with Crippen molar-refractivity contribution in [3.05, 3.63) is 106 Å². The molecule has 0 aliphatic carbocycles. The Balaban J connectivity index is 1.82. The molecule has 0 bridgehead atoms. The summed E-state index contributed by atoms with van der Waals surface area (Å²) >= 11 is 7.26. The predicted molar refractivity (Wildman–Crippen MR) is 113 cm³/mol. The molecule has 1 aliphatic rings. The molecular weight excluding hydrogens is 408 g/mol. The Morgan fingerprint density at radius 2 is 1.55 bits per heavy atom. The number of benzene rings is 3. The van der Waals surface area contributed by atoms with E-state index < -0.39 is 11.6 Å². The number of phenols is 1. The van der Waals surface area contributed by atoms with Gasteiger partial charge >= 0.3 is 5.97 Å². The third-order valence-corrected chi connectivity index (χ3v) is 6.38. The van der Waals surface area contributed by atoms with Crippen LogP contribution in [0.25, 0.3) is 0 Å². The quantitative estimate of drug-likeness (QED) is 0.518. The molecule has 0 amide bonds. The molecule has 0 saturated heterocycles. The Morgan fingerprint density at radius 1 is 0.897 bits per heavy atom. The van der Waals surface area contributed by atoms with E-state index in [-0.39, 0.29) is 22.8 Å². The van der Waals surface area contributed by atoms with Gasteiger partial charge < -0.3 is 14.9 Å². The van der Waals surface area contributed by atoms with Gasteiger partial charge in [0.1, 0.15) is 16.4 Å². The molecule has 0 radical (unpaired) electrons. The van der Waals surface area contributed by atoms with Gasteiger partial charge in [-0.2, -0.15) is 0 Å². The number of carbonyl (C=O) groups excluding carboxylic acids is 1. The summed E-state index contributed by atoms with van der Waals surface area (Å²) in [7, 11) is 0. The third kappa shape index (κ3) is 3.59. The summed E-state index contributed by atoms with van der Waals surface area (Å²) in [6, 6.07) is 22.8. The van der Waals surface area contributed by atoms with E-state index in [1.54, 1.807) is 54.6 Å². The fraction of sp³-hybridized carbons (Fsp3) is 0.0870. The first kappa shape index (κ1) is 19.4. The van der Waals surface area contributed by atoms with Gasteiger partial charge in [0.15, 0.2) is 5.60 Å². The Labute approximate surface area is 177 Å². The molecule has 1 heterocycles. The molecule has 2 N–H and O–H groups in total. The summed E-state index contributed by atoms with van der Waals surface area (Å²) in [4.78, 5) is 13.7. The monoisotopic (exact) mass is 424 g/mol. The minimum absolute atomic E-state index is 0.00683. The minimum atomic E-state index is -1.34. The minimum Gasteiger partial charge on any atom is -0.511 e.